The van der Waals surface area contributed by atoms with E-state index >= 15 is 0 Å². The minimum absolute atomic E-state index is 0.591. The van der Waals surface area contributed by atoms with E-state index in [0.29, 0.717) is 12.2 Å². The van der Waals surface area contributed by atoms with Gasteiger partial charge in [-0.3, -0.25) is 9.69 Å². The molecule has 0 spiro atoms. The Morgan fingerprint density at radius 2 is 2.05 bits per heavy atom. The summed E-state index contributed by atoms with van der Waals surface area (Å²) in [6, 6.07) is 12.2. The molecule has 1 heterocycles. The van der Waals surface area contributed by atoms with Gasteiger partial charge in [-0.2, -0.15) is 0 Å². The lowest BCUT2D eigenvalue weighted by Crippen LogP contribution is -2.17. The fraction of sp³-hybridized carbons (Fsp3) is 0.278. The number of nitrogens with zero attached hydrogens (tertiary/aromatic N) is 1. The summed E-state index contributed by atoms with van der Waals surface area (Å²) in [5.74, 6) is 6.29. The van der Waals surface area contributed by atoms with Crippen LogP contribution in [0.1, 0.15) is 34.2 Å². The Bertz CT molecular complexity index is 647. The summed E-state index contributed by atoms with van der Waals surface area (Å²) >= 11 is 0. The number of hydrogen-bond acceptors (Lipinski definition) is 2. The molecule has 3 heteroatoms. The first-order chi connectivity index (χ1) is 10.2. The van der Waals surface area contributed by atoms with Crippen LogP contribution in [0.2, 0.25) is 0 Å². The van der Waals surface area contributed by atoms with E-state index in [1.807, 2.05) is 31.3 Å². The van der Waals surface area contributed by atoms with E-state index in [2.05, 4.69) is 40.8 Å². The highest BCUT2D eigenvalue weighted by atomic mass is 16.1. The number of aldehydes is 1. The third-order valence-electron chi connectivity index (χ3n) is 3.29. The van der Waals surface area contributed by atoms with Crippen LogP contribution in [-0.2, 0) is 13.0 Å². The van der Waals surface area contributed by atoms with E-state index in [4.69, 9.17) is 0 Å². The smallest absolute Gasteiger partial charge is 0.166 e. The van der Waals surface area contributed by atoms with Crippen molar-refractivity contribution in [3.05, 3.63) is 58.9 Å². The minimum atomic E-state index is 0.591. The van der Waals surface area contributed by atoms with Crippen LogP contribution >= 0.6 is 0 Å². The summed E-state index contributed by atoms with van der Waals surface area (Å²) < 4.78 is 0. The highest BCUT2D eigenvalue weighted by Gasteiger charge is 2.03. The van der Waals surface area contributed by atoms with Gasteiger partial charge < -0.3 is 4.98 Å². The molecule has 21 heavy (non-hydrogen) atoms. The largest absolute Gasteiger partial charge is 0.346 e. The zero-order valence-electron chi connectivity index (χ0n) is 12.5. The quantitative estimate of drug-likeness (QED) is 0.675. The van der Waals surface area contributed by atoms with Crippen LogP contribution in [0, 0.1) is 11.8 Å². The lowest BCUT2D eigenvalue weighted by molar-refractivity contribution is 0.111. The molecule has 0 saturated heterocycles. The number of aromatic nitrogens is 1. The van der Waals surface area contributed by atoms with E-state index < -0.39 is 0 Å². The molecular formula is C18H20N2O. The van der Waals surface area contributed by atoms with Gasteiger partial charge in [-0.15, -0.1) is 0 Å². The Hall–Kier alpha value is -2.31. The molecule has 0 atom stereocenters. The Morgan fingerprint density at radius 3 is 2.71 bits per heavy atom. The Morgan fingerprint density at radius 1 is 1.29 bits per heavy atom. The van der Waals surface area contributed by atoms with Crippen molar-refractivity contribution < 1.29 is 4.79 Å². The van der Waals surface area contributed by atoms with Gasteiger partial charge in [0.1, 0.15) is 0 Å². The number of aryl methyl sites for hydroxylation is 1. The normalized spacial score (nSPS) is 10.2. The molecule has 0 radical (unpaired) electrons. The van der Waals surface area contributed by atoms with Crippen LogP contribution in [0.5, 0.6) is 0 Å². The standard InChI is InChI=1S/C18H20N2O/c1-3-16-12-17(14-21)19-18(16)10-7-11-20(2)13-15-8-5-4-6-9-15/h4-6,8-9,12,14,19H,3,11,13H2,1-2H3. The minimum Gasteiger partial charge on any atom is -0.346 e. The van der Waals surface area contributed by atoms with Gasteiger partial charge in [0.15, 0.2) is 6.29 Å². The maximum atomic E-state index is 10.8. The summed E-state index contributed by atoms with van der Waals surface area (Å²) in [7, 11) is 2.05. The number of benzene rings is 1. The SMILES string of the molecule is CCc1cc(C=O)[nH]c1C#CCN(C)Cc1ccccc1. The molecule has 0 bridgehead atoms. The number of nitrogens with one attached hydrogen (secondary N) is 1. The molecule has 1 N–H and O–H groups in total. The van der Waals surface area contributed by atoms with Gasteiger partial charge in [-0.05, 0) is 36.6 Å². The monoisotopic (exact) mass is 280 g/mol. The van der Waals surface area contributed by atoms with Crippen molar-refractivity contribution in [2.45, 2.75) is 19.9 Å². The third kappa shape index (κ3) is 4.34. The van der Waals surface area contributed by atoms with Crippen LogP contribution in [0.25, 0.3) is 0 Å². The van der Waals surface area contributed by atoms with E-state index in [-0.39, 0.29) is 0 Å². The van der Waals surface area contributed by atoms with Gasteiger partial charge in [-0.25, -0.2) is 0 Å². The third-order valence-corrected chi connectivity index (χ3v) is 3.29. The van der Waals surface area contributed by atoms with Gasteiger partial charge in [0.05, 0.1) is 17.9 Å². The van der Waals surface area contributed by atoms with Crippen molar-refractivity contribution in [3.63, 3.8) is 0 Å². The Labute approximate surface area is 126 Å². The van der Waals surface area contributed by atoms with E-state index in [0.717, 1.165) is 30.5 Å². The van der Waals surface area contributed by atoms with Gasteiger partial charge in [0, 0.05) is 6.54 Å². The van der Waals surface area contributed by atoms with E-state index in [1.54, 1.807) is 0 Å². The molecular weight excluding hydrogens is 260 g/mol. The molecule has 0 aliphatic rings. The molecule has 2 aromatic rings. The van der Waals surface area contributed by atoms with Gasteiger partial charge in [0.2, 0.25) is 0 Å². The lowest BCUT2D eigenvalue weighted by Gasteiger charge is -2.12. The molecule has 3 nitrogen and oxygen atoms in total. The van der Waals surface area contributed by atoms with Crippen LogP contribution in [0.3, 0.4) is 0 Å². The highest BCUT2D eigenvalue weighted by molar-refractivity contribution is 5.73. The second kappa shape index (κ2) is 7.47. The average Bonchev–Trinajstić information content (AvgIpc) is 2.90. The molecule has 108 valence electrons. The maximum Gasteiger partial charge on any atom is 0.166 e. The first kappa shape index (κ1) is 15.1. The van der Waals surface area contributed by atoms with Crippen molar-refractivity contribution in [2.24, 2.45) is 0 Å². The Balaban J connectivity index is 1.97. The predicted molar refractivity (Wildman–Crippen MR) is 85.2 cm³/mol. The predicted octanol–water partition coefficient (Wildman–Crippen LogP) is 2.87. The van der Waals surface area contributed by atoms with Crippen LogP contribution < -0.4 is 0 Å². The second-order valence-corrected chi connectivity index (χ2v) is 5.06. The molecule has 0 aliphatic heterocycles. The fourth-order valence-electron chi connectivity index (χ4n) is 2.19. The second-order valence-electron chi connectivity index (χ2n) is 5.06. The molecule has 0 fully saturated rings. The van der Waals surface area contributed by atoms with Crippen molar-refractivity contribution in [1.29, 1.82) is 0 Å². The van der Waals surface area contributed by atoms with E-state index in [1.165, 1.54) is 5.56 Å². The topological polar surface area (TPSA) is 36.1 Å². The van der Waals surface area contributed by atoms with Gasteiger partial charge in [-0.1, -0.05) is 43.2 Å². The number of hydrogen-bond donors (Lipinski definition) is 1. The molecule has 0 amide bonds. The maximum absolute atomic E-state index is 10.8. The lowest BCUT2D eigenvalue weighted by atomic mass is 10.2. The number of aromatic amines is 1. The molecule has 0 aliphatic carbocycles. The molecule has 0 unspecified atom stereocenters. The van der Waals surface area contributed by atoms with Crippen molar-refractivity contribution in [1.82, 2.24) is 9.88 Å². The van der Waals surface area contributed by atoms with Crippen LogP contribution in [0.4, 0.5) is 0 Å². The van der Waals surface area contributed by atoms with Gasteiger partial charge in [0.25, 0.3) is 0 Å². The van der Waals surface area contributed by atoms with E-state index in [9.17, 15) is 4.79 Å². The fourth-order valence-corrected chi connectivity index (χ4v) is 2.19. The Kier molecular flexibility index (Phi) is 5.36. The zero-order chi connectivity index (χ0) is 15.1. The summed E-state index contributed by atoms with van der Waals surface area (Å²) in [5.41, 5.74) is 3.82. The number of rotatable bonds is 5. The van der Waals surface area contributed by atoms with Crippen LogP contribution in [0.15, 0.2) is 36.4 Å². The van der Waals surface area contributed by atoms with Crippen molar-refractivity contribution >= 4 is 6.29 Å². The molecule has 0 saturated carbocycles. The zero-order valence-corrected chi connectivity index (χ0v) is 12.5. The number of carbonyl (C=O) groups is 1. The average molecular weight is 280 g/mol. The summed E-state index contributed by atoms with van der Waals surface area (Å²) in [6.07, 6.45) is 1.69. The number of carbonyl (C=O) groups excluding carboxylic acids is 1. The van der Waals surface area contributed by atoms with Crippen molar-refractivity contribution in [2.75, 3.05) is 13.6 Å². The molecule has 1 aromatic heterocycles. The number of H-pyrrole nitrogens is 1. The molecule has 1 aromatic carbocycles. The van der Waals surface area contributed by atoms with Gasteiger partial charge >= 0.3 is 0 Å². The molecule has 2 rings (SSSR count). The van der Waals surface area contributed by atoms with Crippen molar-refractivity contribution in [3.8, 4) is 11.8 Å². The van der Waals surface area contributed by atoms with Crippen LogP contribution in [-0.4, -0.2) is 29.8 Å². The first-order valence-electron chi connectivity index (χ1n) is 7.11. The summed E-state index contributed by atoms with van der Waals surface area (Å²) in [4.78, 5) is 16.0. The highest BCUT2D eigenvalue weighted by Crippen LogP contribution is 2.09. The first-order valence-corrected chi connectivity index (χ1v) is 7.11. The summed E-state index contributed by atoms with van der Waals surface area (Å²) in [5, 5.41) is 0. The summed E-state index contributed by atoms with van der Waals surface area (Å²) in [6.45, 7) is 3.62.